The summed E-state index contributed by atoms with van der Waals surface area (Å²) in [6, 6.07) is 5.54. The normalized spacial score (nSPS) is 18.7. The molecule has 4 nitrogen and oxygen atoms in total. The molecule has 0 radical (unpaired) electrons. The Labute approximate surface area is 136 Å². The Morgan fingerprint density at radius 1 is 1.45 bits per heavy atom. The van der Waals surface area contributed by atoms with Gasteiger partial charge in [0.25, 0.3) is 0 Å². The minimum atomic E-state index is -0.307. The van der Waals surface area contributed by atoms with Crippen LogP contribution in [0.1, 0.15) is 39.2 Å². The summed E-state index contributed by atoms with van der Waals surface area (Å²) < 4.78 is 0. The van der Waals surface area contributed by atoms with Gasteiger partial charge in [0.15, 0.2) is 0 Å². The second kappa shape index (κ2) is 6.29. The van der Waals surface area contributed by atoms with Gasteiger partial charge in [-0.3, -0.25) is 9.59 Å². The van der Waals surface area contributed by atoms with Crippen LogP contribution in [-0.2, 0) is 9.59 Å². The Kier molecular flexibility index (Phi) is 4.81. The molecule has 0 aromatic heterocycles. The highest BCUT2D eigenvalue weighted by molar-refractivity contribution is 6.31. The van der Waals surface area contributed by atoms with Crippen LogP contribution in [0.4, 0.5) is 5.69 Å². The van der Waals surface area contributed by atoms with Gasteiger partial charge in [-0.2, -0.15) is 0 Å². The number of halogens is 1. The van der Waals surface area contributed by atoms with Gasteiger partial charge in [-0.15, -0.1) is 0 Å². The van der Waals surface area contributed by atoms with Crippen molar-refractivity contribution in [2.75, 3.05) is 11.4 Å². The van der Waals surface area contributed by atoms with Crippen molar-refractivity contribution in [1.82, 2.24) is 5.32 Å². The molecule has 1 aromatic carbocycles. The Bertz CT molecular complexity index is 598. The zero-order chi connectivity index (χ0) is 16.5. The molecule has 1 aliphatic heterocycles. The molecule has 0 aliphatic carbocycles. The van der Waals surface area contributed by atoms with Crippen LogP contribution in [0.15, 0.2) is 18.2 Å². The molecule has 2 rings (SSSR count). The number of benzene rings is 1. The predicted octanol–water partition coefficient (Wildman–Crippen LogP) is 3.31. The standard InChI is InChI=1S/C17H23ClN2O2/c1-5-17(3,4)19-16(22)12-8-15(21)20(10-12)13-7-6-11(2)14(18)9-13/h6-7,9,12H,5,8,10H2,1-4H3,(H,19,22)/t12-/m0/s1. The monoisotopic (exact) mass is 322 g/mol. The maximum Gasteiger partial charge on any atom is 0.227 e. The zero-order valence-corrected chi connectivity index (χ0v) is 14.3. The average Bonchev–Trinajstić information content (AvgIpc) is 2.84. The molecular formula is C17H23ClN2O2. The Morgan fingerprint density at radius 2 is 2.14 bits per heavy atom. The first kappa shape index (κ1) is 16.8. The number of aryl methyl sites for hydroxylation is 1. The summed E-state index contributed by atoms with van der Waals surface area (Å²) in [6.45, 7) is 8.32. The third-order valence-corrected chi connectivity index (χ3v) is 4.72. The topological polar surface area (TPSA) is 49.4 Å². The highest BCUT2D eigenvalue weighted by Gasteiger charge is 2.36. The van der Waals surface area contributed by atoms with E-state index in [1.807, 2.05) is 39.8 Å². The number of carbonyl (C=O) groups excluding carboxylic acids is 2. The Morgan fingerprint density at radius 3 is 2.73 bits per heavy atom. The molecular weight excluding hydrogens is 300 g/mol. The van der Waals surface area contributed by atoms with Gasteiger partial charge in [-0.25, -0.2) is 0 Å². The number of anilines is 1. The Balaban J connectivity index is 2.10. The first-order valence-corrected chi connectivity index (χ1v) is 8.00. The van der Waals surface area contributed by atoms with E-state index in [2.05, 4.69) is 5.32 Å². The molecule has 0 saturated carbocycles. The highest BCUT2D eigenvalue weighted by atomic mass is 35.5. The summed E-state index contributed by atoms with van der Waals surface area (Å²) in [4.78, 5) is 26.2. The summed E-state index contributed by atoms with van der Waals surface area (Å²) in [5.41, 5.74) is 1.47. The molecule has 1 atom stereocenters. The van der Waals surface area contributed by atoms with Gasteiger partial charge in [-0.05, 0) is 44.9 Å². The van der Waals surface area contributed by atoms with E-state index in [0.717, 1.165) is 17.7 Å². The van der Waals surface area contributed by atoms with Gasteiger partial charge >= 0.3 is 0 Å². The lowest BCUT2D eigenvalue weighted by atomic mass is 9.99. The van der Waals surface area contributed by atoms with E-state index in [9.17, 15) is 9.59 Å². The molecule has 1 saturated heterocycles. The molecule has 0 spiro atoms. The number of amides is 2. The molecule has 120 valence electrons. The van der Waals surface area contributed by atoms with Crippen LogP contribution >= 0.6 is 11.6 Å². The number of carbonyl (C=O) groups is 2. The van der Waals surface area contributed by atoms with Crippen molar-refractivity contribution in [1.29, 1.82) is 0 Å². The minimum absolute atomic E-state index is 0.0330. The lowest BCUT2D eigenvalue weighted by molar-refractivity contribution is -0.127. The highest BCUT2D eigenvalue weighted by Crippen LogP contribution is 2.29. The van der Waals surface area contributed by atoms with Gasteiger partial charge < -0.3 is 10.2 Å². The maximum absolute atomic E-state index is 12.3. The van der Waals surface area contributed by atoms with Gasteiger partial charge in [0.2, 0.25) is 11.8 Å². The lowest BCUT2D eigenvalue weighted by Gasteiger charge is -2.26. The molecule has 1 aromatic rings. The summed E-state index contributed by atoms with van der Waals surface area (Å²) in [7, 11) is 0. The summed E-state index contributed by atoms with van der Waals surface area (Å²) >= 11 is 6.13. The van der Waals surface area contributed by atoms with E-state index < -0.39 is 0 Å². The smallest absolute Gasteiger partial charge is 0.227 e. The molecule has 22 heavy (non-hydrogen) atoms. The fourth-order valence-electron chi connectivity index (χ4n) is 2.41. The Hall–Kier alpha value is -1.55. The number of hydrogen-bond donors (Lipinski definition) is 1. The van der Waals surface area contributed by atoms with Gasteiger partial charge in [0.1, 0.15) is 0 Å². The third-order valence-electron chi connectivity index (χ3n) is 4.31. The van der Waals surface area contributed by atoms with Crippen LogP contribution in [0.25, 0.3) is 0 Å². The number of hydrogen-bond acceptors (Lipinski definition) is 2. The maximum atomic E-state index is 12.3. The fourth-order valence-corrected chi connectivity index (χ4v) is 2.58. The van der Waals surface area contributed by atoms with Crippen LogP contribution in [0.2, 0.25) is 5.02 Å². The van der Waals surface area contributed by atoms with Gasteiger partial charge in [-0.1, -0.05) is 24.6 Å². The van der Waals surface area contributed by atoms with Crippen LogP contribution in [0.5, 0.6) is 0 Å². The first-order chi connectivity index (χ1) is 10.2. The van der Waals surface area contributed by atoms with Gasteiger partial charge in [0.05, 0.1) is 5.92 Å². The van der Waals surface area contributed by atoms with E-state index in [-0.39, 0.29) is 29.7 Å². The second-order valence-corrected chi connectivity index (χ2v) is 6.97. The minimum Gasteiger partial charge on any atom is -0.351 e. The van der Waals surface area contributed by atoms with Crippen molar-refractivity contribution in [3.8, 4) is 0 Å². The summed E-state index contributed by atoms with van der Waals surface area (Å²) in [6.07, 6.45) is 1.09. The molecule has 0 unspecified atom stereocenters. The average molecular weight is 323 g/mol. The van der Waals surface area contributed by atoms with E-state index in [0.29, 0.717) is 11.6 Å². The predicted molar refractivity (Wildman–Crippen MR) is 89.2 cm³/mol. The quantitative estimate of drug-likeness (QED) is 0.924. The van der Waals surface area contributed by atoms with Crippen LogP contribution in [0.3, 0.4) is 0 Å². The first-order valence-electron chi connectivity index (χ1n) is 7.62. The molecule has 5 heteroatoms. The molecule has 1 aliphatic rings. The van der Waals surface area contributed by atoms with Crippen LogP contribution < -0.4 is 10.2 Å². The van der Waals surface area contributed by atoms with Crippen molar-refractivity contribution in [2.45, 2.75) is 46.1 Å². The second-order valence-electron chi connectivity index (χ2n) is 6.57. The lowest BCUT2D eigenvalue weighted by Crippen LogP contribution is -2.46. The summed E-state index contributed by atoms with van der Waals surface area (Å²) in [5.74, 6) is -0.395. The van der Waals surface area contributed by atoms with E-state index in [1.54, 1.807) is 11.0 Å². The molecule has 2 amide bonds. The third kappa shape index (κ3) is 3.61. The number of rotatable bonds is 4. The van der Waals surface area contributed by atoms with E-state index in [1.165, 1.54) is 0 Å². The summed E-state index contributed by atoms with van der Waals surface area (Å²) in [5, 5.41) is 3.65. The van der Waals surface area contributed by atoms with Crippen LogP contribution in [-0.4, -0.2) is 23.9 Å². The van der Waals surface area contributed by atoms with Crippen molar-refractivity contribution in [3.05, 3.63) is 28.8 Å². The molecule has 1 N–H and O–H groups in total. The van der Waals surface area contributed by atoms with E-state index in [4.69, 9.17) is 11.6 Å². The molecule has 0 bridgehead atoms. The van der Waals surface area contributed by atoms with Crippen molar-refractivity contribution >= 4 is 29.1 Å². The SMILES string of the molecule is CCC(C)(C)NC(=O)[C@H]1CC(=O)N(c2ccc(C)c(Cl)c2)C1. The zero-order valence-electron chi connectivity index (χ0n) is 13.6. The van der Waals surface area contributed by atoms with Crippen LogP contribution in [0, 0.1) is 12.8 Å². The molecule has 1 fully saturated rings. The number of nitrogens with one attached hydrogen (secondary N) is 1. The van der Waals surface area contributed by atoms with Gasteiger partial charge in [0, 0.05) is 29.2 Å². The fraction of sp³-hybridized carbons (Fsp3) is 0.529. The molecule has 1 heterocycles. The van der Waals surface area contributed by atoms with Crippen molar-refractivity contribution < 1.29 is 9.59 Å². The van der Waals surface area contributed by atoms with Crippen molar-refractivity contribution in [2.24, 2.45) is 5.92 Å². The largest absolute Gasteiger partial charge is 0.351 e. The van der Waals surface area contributed by atoms with E-state index >= 15 is 0 Å². The number of nitrogens with zero attached hydrogens (tertiary/aromatic N) is 1. The van der Waals surface area contributed by atoms with Crippen molar-refractivity contribution in [3.63, 3.8) is 0 Å².